The Kier molecular flexibility index (Phi) is 11.1. The fraction of sp³-hybridized carbons (Fsp3) is 0.480. The van der Waals surface area contributed by atoms with Crippen LogP contribution in [0.4, 0.5) is 0 Å². The molecule has 0 radical (unpaired) electrons. The van der Waals surface area contributed by atoms with Gasteiger partial charge in [-0.3, -0.25) is 4.99 Å². The monoisotopic (exact) mass is 552 g/mol. The van der Waals surface area contributed by atoms with Crippen LogP contribution < -0.4 is 20.1 Å². The molecule has 1 saturated carbocycles. The molecule has 0 aliphatic heterocycles. The molecule has 2 aromatic rings. The van der Waals surface area contributed by atoms with E-state index in [4.69, 9.17) is 9.47 Å². The van der Waals surface area contributed by atoms with Gasteiger partial charge in [0.15, 0.2) is 17.5 Å². The maximum Gasteiger partial charge on any atom is 0.191 e. The van der Waals surface area contributed by atoms with Crippen LogP contribution in [0.25, 0.3) is 0 Å². The van der Waals surface area contributed by atoms with Gasteiger partial charge in [0.05, 0.1) is 13.2 Å². The maximum atomic E-state index is 6.34. The van der Waals surface area contributed by atoms with Crippen LogP contribution in [0.5, 0.6) is 11.5 Å². The third-order valence-corrected chi connectivity index (χ3v) is 5.49. The molecule has 0 aromatic heterocycles. The third-order valence-electron chi connectivity index (χ3n) is 5.49. The van der Waals surface area contributed by atoms with E-state index in [1.165, 1.54) is 24.0 Å². The first-order chi connectivity index (χ1) is 15.1. The first kappa shape index (κ1) is 26.3. The van der Waals surface area contributed by atoms with Crippen LogP contribution in [-0.4, -0.2) is 45.2 Å². The van der Waals surface area contributed by atoms with E-state index in [2.05, 4.69) is 65.0 Å². The zero-order valence-corrected chi connectivity index (χ0v) is 22.0. The molecule has 6 nitrogen and oxygen atoms in total. The molecule has 0 spiro atoms. The van der Waals surface area contributed by atoms with Crippen LogP contribution in [0, 0.1) is 0 Å². The summed E-state index contributed by atoms with van der Waals surface area (Å²) in [6.07, 6.45) is 4.98. The number of aliphatic imine (C=N–C) groups is 1. The van der Waals surface area contributed by atoms with Gasteiger partial charge in [0.25, 0.3) is 0 Å². The average molecular weight is 553 g/mol. The Hall–Kier alpha value is -2.00. The molecule has 0 amide bonds. The number of guanidine groups is 1. The van der Waals surface area contributed by atoms with E-state index in [-0.39, 0.29) is 30.1 Å². The van der Waals surface area contributed by atoms with Crippen LogP contribution >= 0.6 is 24.0 Å². The smallest absolute Gasteiger partial charge is 0.191 e. The van der Waals surface area contributed by atoms with Crippen LogP contribution in [0.2, 0.25) is 0 Å². The molecule has 7 heteroatoms. The number of rotatable bonds is 9. The zero-order chi connectivity index (χ0) is 22.1. The second kappa shape index (κ2) is 13.5. The number of hydrogen-bond acceptors (Lipinski definition) is 4. The summed E-state index contributed by atoms with van der Waals surface area (Å²) in [6, 6.07) is 14.7. The fourth-order valence-electron chi connectivity index (χ4n) is 3.96. The van der Waals surface area contributed by atoms with Gasteiger partial charge in [-0.15, -0.1) is 24.0 Å². The van der Waals surface area contributed by atoms with Crippen molar-refractivity contribution in [3.8, 4) is 11.5 Å². The lowest BCUT2D eigenvalue weighted by molar-refractivity contribution is 0.198. The number of methoxy groups -OCH3 is 1. The molecular weight excluding hydrogens is 515 g/mol. The SMILES string of the molecule is CN=C(NCc1cccc(CN(C)C)c1)NCc1cccc(OC)c1OC1CCCC1.I. The van der Waals surface area contributed by atoms with Crippen molar-refractivity contribution in [3.63, 3.8) is 0 Å². The molecule has 0 unspecified atom stereocenters. The van der Waals surface area contributed by atoms with E-state index in [0.29, 0.717) is 13.1 Å². The Morgan fingerprint density at radius 3 is 2.41 bits per heavy atom. The highest BCUT2D eigenvalue weighted by atomic mass is 127. The molecule has 1 fully saturated rings. The molecule has 0 saturated heterocycles. The first-order valence-electron chi connectivity index (χ1n) is 11.1. The second-order valence-corrected chi connectivity index (χ2v) is 8.31. The highest BCUT2D eigenvalue weighted by Gasteiger charge is 2.20. The van der Waals surface area contributed by atoms with E-state index in [0.717, 1.165) is 42.4 Å². The zero-order valence-electron chi connectivity index (χ0n) is 19.7. The Morgan fingerprint density at radius 1 is 1.03 bits per heavy atom. The molecule has 1 aliphatic carbocycles. The minimum Gasteiger partial charge on any atom is -0.493 e. The van der Waals surface area contributed by atoms with E-state index < -0.39 is 0 Å². The predicted molar refractivity (Wildman–Crippen MR) is 142 cm³/mol. The summed E-state index contributed by atoms with van der Waals surface area (Å²) in [4.78, 5) is 6.55. The lowest BCUT2D eigenvalue weighted by Gasteiger charge is -2.20. The van der Waals surface area contributed by atoms with Gasteiger partial charge in [-0.2, -0.15) is 0 Å². The summed E-state index contributed by atoms with van der Waals surface area (Å²) in [5, 5.41) is 6.83. The number of para-hydroxylation sites is 1. The molecule has 2 aromatic carbocycles. The average Bonchev–Trinajstić information content (AvgIpc) is 3.27. The predicted octanol–water partition coefficient (Wildman–Crippen LogP) is 4.56. The first-order valence-corrected chi connectivity index (χ1v) is 11.1. The summed E-state index contributed by atoms with van der Waals surface area (Å²) in [5.74, 6) is 2.38. The summed E-state index contributed by atoms with van der Waals surface area (Å²) in [5.41, 5.74) is 3.61. The Labute approximate surface area is 209 Å². The number of halogens is 1. The number of benzene rings is 2. The highest BCUT2D eigenvalue weighted by molar-refractivity contribution is 14.0. The molecule has 0 bridgehead atoms. The van der Waals surface area contributed by atoms with Gasteiger partial charge in [-0.1, -0.05) is 36.4 Å². The molecule has 3 rings (SSSR count). The number of ether oxygens (including phenoxy) is 2. The molecule has 176 valence electrons. The lowest BCUT2D eigenvalue weighted by atomic mass is 10.1. The summed E-state index contributed by atoms with van der Waals surface area (Å²) in [6.45, 7) is 2.25. The van der Waals surface area contributed by atoms with Crippen molar-refractivity contribution in [3.05, 3.63) is 59.2 Å². The Morgan fingerprint density at radius 2 is 1.72 bits per heavy atom. The van der Waals surface area contributed by atoms with Gasteiger partial charge in [0.2, 0.25) is 0 Å². The van der Waals surface area contributed by atoms with Gasteiger partial charge in [0, 0.05) is 32.2 Å². The quantitative estimate of drug-likeness (QED) is 0.272. The van der Waals surface area contributed by atoms with E-state index >= 15 is 0 Å². The maximum absolute atomic E-state index is 6.34. The molecule has 0 heterocycles. The van der Waals surface area contributed by atoms with Crippen molar-refractivity contribution in [1.29, 1.82) is 0 Å². The van der Waals surface area contributed by atoms with E-state index in [1.54, 1.807) is 14.2 Å². The fourth-order valence-corrected chi connectivity index (χ4v) is 3.96. The van der Waals surface area contributed by atoms with Gasteiger partial charge in [-0.05, 0) is 57.0 Å². The van der Waals surface area contributed by atoms with Crippen molar-refractivity contribution in [2.75, 3.05) is 28.3 Å². The minimum atomic E-state index is 0. The van der Waals surface area contributed by atoms with Gasteiger partial charge < -0.3 is 25.0 Å². The third kappa shape index (κ3) is 7.85. The normalized spacial score (nSPS) is 14.2. The Balaban J connectivity index is 0.00000363. The topological polar surface area (TPSA) is 58.1 Å². The Bertz CT molecular complexity index is 867. The standard InChI is InChI=1S/C25H36N4O2.HI/c1-26-25(27-16-19-9-7-10-20(15-19)18-29(2)3)28-17-21-11-8-14-23(30-4)24(21)31-22-12-5-6-13-22;/h7-11,14-15,22H,5-6,12-13,16-18H2,1-4H3,(H2,26,27,28);1H. The van der Waals surface area contributed by atoms with E-state index in [9.17, 15) is 0 Å². The van der Waals surface area contributed by atoms with Crippen LogP contribution in [0.15, 0.2) is 47.5 Å². The van der Waals surface area contributed by atoms with Gasteiger partial charge in [0.1, 0.15) is 0 Å². The molecular formula is C25H37IN4O2. The van der Waals surface area contributed by atoms with Crippen molar-refractivity contribution < 1.29 is 9.47 Å². The molecule has 1 aliphatic rings. The van der Waals surface area contributed by atoms with Crippen molar-refractivity contribution in [1.82, 2.24) is 15.5 Å². The second-order valence-electron chi connectivity index (χ2n) is 8.31. The van der Waals surface area contributed by atoms with Crippen molar-refractivity contribution >= 4 is 29.9 Å². The molecule has 0 atom stereocenters. The lowest BCUT2D eigenvalue weighted by Crippen LogP contribution is -2.36. The minimum absolute atomic E-state index is 0. The van der Waals surface area contributed by atoms with Crippen molar-refractivity contribution in [2.24, 2.45) is 4.99 Å². The largest absolute Gasteiger partial charge is 0.493 e. The molecule has 2 N–H and O–H groups in total. The number of nitrogens with zero attached hydrogens (tertiary/aromatic N) is 2. The number of hydrogen-bond donors (Lipinski definition) is 2. The summed E-state index contributed by atoms with van der Waals surface area (Å²) in [7, 11) is 7.65. The van der Waals surface area contributed by atoms with Crippen molar-refractivity contribution in [2.45, 2.75) is 51.4 Å². The molecule has 32 heavy (non-hydrogen) atoms. The summed E-state index contributed by atoms with van der Waals surface area (Å²) < 4.78 is 11.9. The van der Waals surface area contributed by atoms with Crippen LogP contribution in [-0.2, 0) is 19.6 Å². The summed E-state index contributed by atoms with van der Waals surface area (Å²) >= 11 is 0. The van der Waals surface area contributed by atoms with Gasteiger partial charge >= 0.3 is 0 Å². The number of nitrogens with one attached hydrogen (secondary N) is 2. The van der Waals surface area contributed by atoms with Crippen LogP contribution in [0.3, 0.4) is 0 Å². The van der Waals surface area contributed by atoms with Crippen LogP contribution in [0.1, 0.15) is 42.4 Å². The van der Waals surface area contributed by atoms with E-state index in [1.807, 2.05) is 12.1 Å². The highest BCUT2D eigenvalue weighted by Crippen LogP contribution is 2.34. The van der Waals surface area contributed by atoms with Gasteiger partial charge in [-0.25, -0.2) is 0 Å².